The number of benzene rings is 1. The number of rotatable bonds is 4. The zero-order valence-corrected chi connectivity index (χ0v) is 17.0. The topological polar surface area (TPSA) is 25.4 Å². The third kappa shape index (κ3) is 5.32. The molecule has 2 fully saturated rings. The molecule has 0 aliphatic carbocycles. The van der Waals surface area contributed by atoms with Crippen molar-refractivity contribution >= 4 is 11.9 Å². The molecule has 4 rings (SSSR count). The van der Waals surface area contributed by atoms with Crippen molar-refractivity contribution in [3.05, 3.63) is 53.9 Å². The monoisotopic (exact) mass is 422 g/mol. The summed E-state index contributed by atoms with van der Waals surface area (Å²) in [6.07, 6.45) is 1.92. The van der Waals surface area contributed by atoms with Gasteiger partial charge in [-0.3, -0.25) is 9.29 Å². The molecule has 2 aliphatic rings. The summed E-state index contributed by atoms with van der Waals surface area (Å²) in [5.74, 6) is 0.447. The van der Waals surface area contributed by atoms with E-state index in [9.17, 15) is 13.2 Å². The largest absolute Gasteiger partial charge is 0.416 e. The first-order chi connectivity index (χ1) is 14.0. The van der Waals surface area contributed by atoms with Gasteiger partial charge < -0.3 is 4.74 Å². The zero-order valence-electron chi connectivity index (χ0n) is 16.2. The normalized spacial score (nSPS) is 20.1. The first kappa shape index (κ1) is 20.7. The molecule has 0 saturated carbocycles. The summed E-state index contributed by atoms with van der Waals surface area (Å²) in [5.41, 5.74) is 2.04. The van der Waals surface area contributed by atoms with E-state index < -0.39 is 11.7 Å². The van der Waals surface area contributed by atoms with Crippen molar-refractivity contribution in [3.63, 3.8) is 0 Å². The summed E-state index contributed by atoms with van der Waals surface area (Å²) < 4.78 is 46.1. The van der Waals surface area contributed by atoms with Gasteiger partial charge in [0, 0.05) is 54.9 Å². The van der Waals surface area contributed by atoms with Gasteiger partial charge >= 0.3 is 6.18 Å². The van der Waals surface area contributed by atoms with E-state index in [1.54, 1.807) is 6.20 Å². The van der Waals surface area contributed by atoms with Crippen LogP contribution in [0.2, 0.25) is 0 Å². The summed E-state index contributed by atoms with van der Waals surface area (Å²) in [6, 6.07) is 9.24. The fourth-order valence-corrected chi connectivity index (χ4v) is 5.16. The summed E-state index contributed by atoms with van der Waals surface area (Å²) in [7, 11) is 0. The molecule has 1 aromatic heterocycles. The molecule has 0 bridgehead atoms. The average molecular weight is 423 g/mol. The predicted molar refractivity (Wildman–Crippen MR) is 110 cm³/mol. The minimum atomic E-state index is -4.31. The van der Waals surface area contributed by atoms with Gasteiger partial charge in [0.25, 0.3) is 0 Å². The van der Waals surface area contributed by atoms with Gasteiger partial charge in [-0.1, -0.05) is 30.1 Å². The van der Waals surface area contributed by atoms with Crippen LogP contribution >= 0.6 is 11.9 Å². The Hall–Kier alpha value is -1.57. The van der Waals surface area contributed by atoms with Crippen molar-refractivity contribution in [1.82, 2.24) is 9.29 Å². The molecule has 0 spiro atoms. The van der Waals surface area contributed by atoms with E-state index in [-0.39, 0.29) is 0 Å². The predicted octanol–water partition coefficient (Wildman–Crippen LogP) is 5.77. The number of aromatic nitrogens is 1. The molecular formula is C22H25F3N2OS. The van der Waals surface area contributed by atoms with Crippen LogP contribution in [0.1, 0.15) is 42.9 Å². The quantitative estimate of drug-likeness (QED) is 0.584. The van der Waals surface area contributed by atoms with Crippen LogP contribution in [0.25, 0.3) is 11.1 Å². The van der Waals surface area contributed by atoms with Gasteiger partial charge in [-0.2, -0.15) is 13.2 Å². The molecule has 3 nitrogen and oxygen atoms in total. The molecule has 0 radical (unpaired) electrons. The smallest absolute Gasteiger partial charge is 0.381 e. The van der Waals surface area contributed by atoms with E-state index in [0.717, 1.165) is 80.9 Å². The number of hydrogen-bond donors (Lipinski definition) is 0. The van der Waals surface area contributed by atoms with Crippen molar-refractivity contribution in [2.45, 2.75) is 43.0 Å². The second kappa shape index (κ2) is 9.06. The first-order valence-electron chi connectivity index (χ1n) is 10.1. The number of pyridine rings is 1. The average Bonchev–Trinajstić information content (AvgIpc) is 2.75. The lowest BCUT2D eigenvalue weighted by atomic mass is 9.93. The first-order valence-corrected chi connectivity index (χ1v) is 11.0. The van der Waals surface area contributed by atoms with Crippen molar-refractivity contribution in [2.75, 3.05) is 26.3 Å². The van der Waals surface area contributed by atoms with E-state index in [4.69, 9.17) is 4.74 Å². The summed E-state index contributed by atoms with van der Waals surface area (Å²) in [6.45, 7) is 3.89. The van der Waals surface area contributed by atoms with Crippen molar-refractivity contribution in [3.8, 4) is 11.1 Å². The van der Waals surface area contributed by atoms with Crippen molar-refractivity contribution in [2.24, 2.45) is 0 Å². The fraction of sp³-hybridized carbons (Fsp3) is 0.500. The summed E-state index contributed by atoms with van der Waals surface area (Å²) in [5, 5.41) is 0.682. The van der Waals surface area contributed by atoms with Crippen LogP contribution in [-0.4, -0.2) is 40.8 Å². The lowest BCUT2D eigenvalue weighted by Crippen LogP contribution is -2.31. The van der Waals surface area contributed by atoms with Gasteiger partial charge in [-0.05, 0) is 49.4 Å². The van der Waals surface area contributed by atoms with Gasteiger partial charge in [-0.25, -0.2) is 0 Å². The van der Waals surface area contributed by atoms with E-state index >= 15 is 0 Å². The molecule has 0 atom stereocenters. The van der Waals surface area contributed by atoms with Crippen LogP contribution < -0.4 is 0 Å². The maximum atomic E-state index is 12.7. The Morgan fingerprint density at radius 1 is 0.897 bits per heavy atom. The van der Waals surface area contributed by atoms with Crippen LogP contribution in [-0.2, 0) is 10.9 Å². The highest BCUT2D eigenvalue weighted by Gasteiger charge is 2.30. The van der Waals surface area contributed by atoms with Gasteiger partial charge in [-0.15, -0.1) is 0 Å². The summed E-state index contributed by atoms with van der Waals surface area (Å²) >= 11 is 1.99. The number of piperidine rings is 1. The number of halogens is 3. The van der Waals surface area contributed by atoms with Crippen LogP contribution in [0.15, 0.2) is 42.6 Å². The molecule has 0 unspecified atom stereocenters. The van der Waals surface area contributed by atoms with Gasteiger partial charge in [0.05, 0.1) is 5.56 Å². The molecule has 7 heteroatoms. The van der Waals surface area contributed by atoms with E-state index in [0.29, 0.717) is 11.2 Å². The molecule has 156 valence electrons. The van der Waals surface area contributed by atoms with Crippen molar-refractivity contribution < 1.29 is 17.9 Å². The highest BCUT2D eigenvalue weighted by atomic mass is 32.2. The maximum Gasteiger partial charge on any atom is 0.416 e. The SMILES string of the molecule is FC(F)(F)c1ccc(-c2ccc(C3CCN(SC4CCOCC4)CC3)nc2)cc1. The van der Waals surface area contributed by atoms with E-state index in [1.165, 1.54) is 12.1 Å². The molecule has 2 saturated heterocycles. The van der Waals surface area contributed by atoms with Crippen LogP contribution in [0.5, 0.6) is 0 Å². The Bertz CT molecular complexity index is 781. The van der Waals surface area contributed by atoms with Gasteiger partial charge in [0.2, 0.25) is 0 Å². The lowest BCUT2D eigenvalue weighted by Gasteiger charge is -2.34. The second-order valence-electron chi connectivity index (χ2n) is 7.67. The van der Waals surface area contributed by atoms with Crippen LogP contribution in [0.4, 0.5) is 13.2 Å². The second-order valence-corrected chi connectivity index (χ2v) is 9.06. The number of ether oxygens (including phenoxy) is 1. The number of hydrogen-bond acceptors (Lipinski definition) is 4. The molecular weight excluding hydrogens is 397 g/mol. The molecule has 29 heavy (non-hydrogen) atoms. The number of nitrogens with zero attached hydrogens (tertiary/aromatic N) is 2. The highest BCUT2D eigenvalue weighted by molar-refractivity contribution is 7.97. The zero-order chi connectivity index (χ0) is 20.3. The van der Waals surface area contributed by atoms with E-state index in [1.807, 2.05) is 24.1 Å². The fourth-order valence-electron chi connectivity index (χ4n) is 3.92. The maximum absolute atomic E-state index is 12.7. The molecule has 1 aromatic carbocycles. The van der Waals surface area contributed by atoms with Gasteiger partial charge in [0.1, 0.15) is 0 Å². The Labute approximate surface area is 173 Å². The summed E-state index contributed by atoms with van der Waals surface area (Å²) in [4.78, 5) is 4.63. The Morgan fingerprint density at radius 2 is 1.55 bits per heavy atom. The molecule has 2 aromatic rings. The van der Waals surface area contributed by atoms with Crippen LogP contribution in [0, 0.1) is 0 Å². The van der Waals surface area contributed by atoms with Crippen molar-refractivity contribution in [1.29, 1.82) is 0 Å². The molecule has 0 amide bonds. The Kier molecular flexibility index (Phi) is 6.47. The lowest BCUT2D eigenvalue weighted by molar-refractivity contribution is -0.137. The third-order valence-corrected chi connectivity index (χ3v) is 7.10. The van der Waals surface area contributed by atoms with E-state index in [2.05, 4.69) is 9.29 Å². The minimum Gasteiger partial charge on any atom is -0.381 e. The standard InChI is InChI=1S/C22H25F3N2OS/c23-22(24,25)19-4-1-16(2-5-19)18-3-6-21(26-15-18)17-7-11-27(12-8-17)29-20-9-13-28-14-10-20/h1-6,15,17,20H,7-14H2. The molecule has 3 heterocycles. The molecule has 0 N–H and O–H groups in total. The number of alkyl halides is 3. The van der Waals surface area contributed by atoms with Gasteiger partial charge in [0.15, 0.2) is 0 Å². The highest BCUT2D eigenvalue weighted by Crippen LogP contribution is 2.34. The third-order valence-electron chi connectivity index (χ3n) is 5.67. The minimum absolute atomic E-state index is 0.447. The Morgan fingerprint density at radius 3 is 2.14 bits per heavy atom. The van der Waals surface area contributed by atoms with Crippen LogP contribution in [0.3, 0.4) is 0 Å². The Balaban J connectivity index is 1.32. The molecule has 2 aliphatic heterocycles.